The van der Waals surface area contributed by atoms with Gasteiger partial charge in [-0.2, -0.15) is 13.2 Å². The molecule has 2 aliphatic heterocycles. The molecular formula is C21H21F3N2O3. The van der Waals surface area contributed by atoms with Crippen LogP contribution in [0.2, 0.25) is 0 Å². The molecule has 4 rings (SSSR count). The fourth-order valence-corrected chi connectivity index (χ4v) is 4.54. The third-order valence-electron chi connectivity index (χ3n) is 5.76. The van der Waals surface area contributed by atoms with Crippen molar-refractivity contribution in [1.29, 1.82) is 0 Å². The molecule has 0 spiro atoms. The second kappa shape index (κ2) is 7.33. The number of alkyl halides is 3. The maximum absolute atomic E-state index is 13.4. The molecule has 0 saturated carbocycles. The van der Waals surface area contributed by atoms with Crippen molar-refractivity contribution in [3.63, 3.8) is 0 Å². The first kappa shape index (κ1) is 19.7. The van der Waals surface area contributed by atoms with Crippen molar-refractivity contribution in [2.24, 2.45) is 0 Å². The van der Waals surface area contributed by atoms with E-state index in [0.717, 1.165) is 11.8 Å². The molecule has 0 aliphatic carbocycles. The van der Waals surface area contributed by atoms with Crippen LogP contribution in [0, 0.1) is 0 Å². The molecule has 2 saturated heterocycles. The molecule has 2 aliphatic rings. The molecule has 29 heavy (non-hydrogen) atoms. The molecule has 0 radical (unpaired) electrons. The normalized spacial score (nSPS) is 26.4. The highest BCUT2D eigenvalue weighted by atomic mass is 19.4. The van der Waals surface area contributed by atoms with Crippen LogP contribution in [-0.2, 0) is 23.1 Å². The summed E-state index contributed by atoms with van der Waals surface area (Å²) in [5, 5.41) is 11.2. The molecule has 5 nitrogen and oxygen atoms in total. The number of aromatic nitrogens is 1. The van der Waals surface area contributed by atoms with E-state index in [4.69, 9.17) is 4.74 Å². The van der Waals surface area contributed by atoms with Gasteiger partial charge >= 0.3 is 12.3 Å². The van der Waals surface area contributed by atoms with Crippen LogP contribution in [0.5, 0.6) is 0 Å². The topological polar surface area (TPSA) is 62.7 Å². The number of fused-ring (bicyclic) bond motifs is 2. The molecule has 1 aromatic heterocycles. The summed E-state index contributed by atoms with van der Waals surface area (Å²) in [6.45, 7) is 0.126. The van der Waals surface area contributed by atoms with Gasteiger partial charge in [-0.15, -0.1) is 0 Å². The average Bonchev–Trinajstić information content (AvgIpc) is 2.98. The second-order valence-corrected chi connectivity index (χ2v) is 7.67. The lowest BCUT2D eigenvalue weighted by Gasteiger charge is -2.43. The van der Waals surface area contributed by atoms with Gasteiger partial charge in [0.25, 0.3) is 0 Å². The molecule has 1 amide bonds. The maximum atomic E-state index is 13.4. The van der Waals surface area contributed by atoms with Crippen LogP contribution in [0.4, 0.5) is 18.0 Å². The van der Waals surface area contributed by atoms with Gasteiger partial charge in [0.1, 0.15) is 12.3 Å². The number of rotatable bonds is 3. The van der Waals surface area contributed by atoms with Gasteiger partial charge in [-0.1, -0.05) is 36.4 Å². The minimum Gasteiger partial charge on any atom is -0.445 e. The van der Waals surface area contributed by atoms with E-state index in [2.05, 4.69) is 4.98 Å². The van der Waals surface area contributed by atoms with Crippen LogP contribution in [0.25, 0.3) is 0 Å². The zero-order chi connectivity index (χ0) is 20.6. The largest absolute Gasteiger partial charge is 0.445 e. The quantitative estimate of drug-likeness (QED) is 0.828. The number of carbonyl (C=O) groups is 1. The molecule has 1 aromatic carbocycles. The smallest absolute Gasteiger partial charge is 0.433 e. The lowest BCUT2D eigenvalue weighted by Crippen LogP contribution is -2.52. The Kier molecular flexibility index (Phi) is 4.98. The van der Waals surface area contributed by atoms with Crippen LogP contribution in [0.1, 0.15) is 42.5 Å². The number of piperidine rings is 1. The zero-order valence-corrected chi connectivity index (χ0v) is 15.6. The van der Waals surface area contributed by atoms with Crippen molar-refractivity contribution < 1.29 is 27.8 Å². The van der Waals surface area contributed by atoms with E-state index < -0.39 is 23.6 Å². The lowest BCUT2D eigenvalue weighted by molar-refractivity contribution is -0.146. The number of benzene rings is 1. The summed E-state index contributed by atoms with van der Waals surface area (Å²) in [4.78, 5) is 17.7. The molecule has 2 fully saturated rings. The summed E-state index contributed by atoms with van der Waals surface area (Å²) in [7, 11) is 0. The van der Waals surface area contributed by atoms with Crippen molar-refractivity contribution in [2.45, 2.75) is 56.2 Å². The number of nitrogens with zero attached hydrogens (tertiary/aromatic N) is 2. The number of hydrogen-bond donors (Lipinski definition) is 1. The van der Waals surface area contributed by atoms with Crippen molar-refractivity contribution in [3.8, 4) is 0 Å². The lowest BCUT2D eigenvalue weighted by atomic mass is 9.79. The zero-order valence-electron chi connectivity index (χ0n) is 15.6. The van der Waals surface area contributed by atoms with Crippen LogP contribution in [0.3, 0.4) is 0 Å². The molecule has 2 bridgehead atoms. The monoisotopic (exact) mass is 406 g/mol. The Morgan fingerprint density at radius 2 is 1.79 bits per heavy atom. The molecule has 2 atom stereocenters. The number of halogens is 3. The van der Waals surface area contributed by atoms with Gasteiger partial charge in [0, 0.05) is 36.7 Å². The number of pyridine rings is 1. The summed E-state index contributed by atoms with van der Waals surface area (Å²) < 4.78 is 45.6. The van der Waals surface area contributed by atoms with E-state index in [0.29, 0.717) is 12.8 Å². The Balaban J connectivity index is 1.51. The summed E-state index contributed by atoms with van der Waals surface area (Å²) >= 11 is 0. The summed E-state index contributed by atoms with van der Waals surface area (Å²) in [5.41, 5.74) is -2.11. The van der Waals surface area contributed by atoms with E-state index in [9.17, 15) is 23.1 Å². The molecule has 1 N–H and O–H groups in total. The number of carbonyl (C=O) groups excluding carboxylic acids is 1. The van der Waals surface area contributed by atoms with Gasteiger partial charge in [0.05, 0.1) is 5.60 Å². The summed E-state index contributed by atoms with van der Waals surface area (Å²) in [6, 6.07) is 11.2. The van der Waals surface area contributed by atoms with Gasteiger partial charge in [-0.25, -0.2) is 4.79 Å². The Morgan fingerprint density at radius 3 is 2.41 bits per heavy atom. The van der Waals surface area contributed by atoms with Crippen molar-refractivity contribution in [2.75, 3.05) is 0 Å². The fourth-order valence-electron chi connectivity index (χ4n) is 4.54. The standard InChI is InChI=1S/C21H21F3N2O3/c22-21(23,24)18-17(7-4-10-25-18)20(28)11-15-8-9-16(12-20)26(15)19(27)29-13-14-5-2-1-3-6-14/h1-7,10,15-16,28H,8-9,11-13H2. The third-order valence-corrected chi connectivity index (χ3v) is 5.76. The predicted octanol–water partition coefficient (Wildman–Crippen LogP) is 4.25. The molecule has 2 aromatic rings. The number of ether oxygens (including phenoxy) is 1. The van der Waals surface area contributed by atoms with Crippen LogP contribution in [0.15, 0.2) is 48.7 Å². The van der Waals surface area contributed by atoms with Crippen molar-refractivity contribution in [1.82, 2.24) is 9.88 Å². The van der Waals surface area contributed by atoms with E-state index in [1.165, 1.54) is 12.1 Å². The number of aliphatic hydroxyl groups is 1. The first-order valence-corrected chi connectivity index (χ1v) is 9.52. The van der Waals surface area contributed by atoms with Crippen LogP contribution >= 0.6 is 0 Å². The van der Waals surface area contributed by atoms with E-state index in [1.54, 1.807) is 4.90 Å². The highest BCUT2D eigenvalue weighted by Gasteiger charge is 2.53. The highest BCUT2D eigenvalue weighted by molar-refractivity contribution is 5.69. The number of amides is 1. The molecule has 2 unspecified atom stereocenters. The predicted molar refractivity (Wildman–Crippen MR) is 97.6 cm³/mol. The Hall–Kier alpha value is -2.61. The Labute approximate surface area is 166 Å². The van der Waals surface area contributed by atoms with Gasteiger partial charge in [0.2, 0.25) is 0 Å². The highest BCUT2D eigenvalue weighted by Crippen LogP contribution is 2.48. The Bertz CT molecular complexity index is 874. The van der Waals surface area contributed by atoms with E-state index in [-0.39, 0.29) is 37.1 Å². The SMILES string of the molecule is O=C(OCc1ccccc1)N1C2CCC1CC(O)(c1cccnc1C(F)(F)F)C2. The minimum atomic E-state index is -4.66. The number of hydrogen-bond acceptors (Lipinski definition) is 4. The molecular weight excluding hydrogens is 385 g/mol. The van der Waals surface area contributed by atoms with Gasteiger partial charge < -0.3 is 14.7 Å². The van der Waals surface area contributed by atoms with Crippen molar-refractivity contribution >= 4 is 6.09 Å². The fraction of sp³-hybridized carbons (Fsp3) is 0.429. The summed E-state index contributed by atoms with van der Waals surface area (Å²) in [6.07, 6.45) is -2.79. The molecule has 154 valence electrons. The molecule has 3 heterocycles. The van der Waals surface area contributed by atoms with Gasteiger partial charge in [-0.05, 0) is 24.5 Å². The third kappa shape index (κ3) is 3.81. The van der Waals surface area contributed by atoms with E-state index in [1.807, 2.05) is 30.3 Å². The second-order valence-electron chi connectivity index (χ2n) is 7.67. The Morgan fingerprint density at radius 1 is 1.14 bits per heavy atom. The van der Waals surface area contributed by atoms with E-state index >= 15 is 0 Å². The first-order valence-electron chi connectivity index (χ1n) is 9.52. The molecule has 8 heteroatoms. The maximum Gasteiger partial charge on any atom is 0.433 e. The van der Waals surface area contributed by atoms with Gasteiger partial charge in [-0.3, -0.25) is 4.98 Å². The average molecular weight is 406 g/mol. The van der Waals surface area contributed by atoms with Gasteiger partial charge in [0.15, 0.2) is 0 Å². The summed E-state index contributed by atoms with van der Waals surface area (Å²) in [5.74, 6) is 0. The minimum absolute atomic E-state index is 0.0265. The van der Waals surface area contributed by atoms with Crippen LogP contribution in [-0.4, -0.2) is 33.2 Å². The van der Waals surface area contributed by atoms with Crippen molar-refractivity contribution in [3.05, 3.63) is 65.5 Å². The first-order chi connectivity index (χ1) is 13.8. The van der Waals surface area contributed by atoms with Crippen LogP contribution < -0.4 is 0 Å².